The van der Waals surface area contributed by atoms with Crippen LogP contribution in [-0.4, -0.2) is 45.3 Å². The molecule has 1 amide bonds. The van der Waals surface area contributed by atoms with Gasteiger partial charge in [0.25, 0.3) is 5.91 Å². The highest BCUT2D eigenvalue weighted by molar-refractivity contribution is 5.95. The summed E-state index contributed by atoms with van der Waals surface area (Å²) in [4.78, 5) is 13.7. The van der Waals surface area contributed by atoms with Crippen molar-refractivity contribution >= 4 is 5.91 Å². The van der Waals surface area contributed by atoms with Crippen molar-refractivity contribution in [1.29, 1.82) is 0 Å². The molecule has 2 rings (SSSR count). The maximum atomic E-state index is 12.1. The number of phenolic OH excluding ortho intramolecular Hbond substituents is 2. The predicted octanol–water partition coefficient (Wildman–Crippen LogP) is 0.695. The summed E-state index contributed by atoms with van der Waals surface area (Å²) in [6.07, 6.45) is 1.91. The molecule has 92 valence electrons. The number of aromatic hydroxyl groups is 2. The largest absolute Gasteiger partial charge is 0.504 e. The first-order valence-electron chi connectivity index (χ1n) is 5.57. The van der Waals surface area contributed by atoms with Gasteiger partial charge in [-0.15, -0.1) is 0 Å². The first-order valence-corrected chi connectivity index (χ1v) is 5.57. The number of phenols is 2. The Morgan fingerprint density at radius 1 is 1.29 bits per heavy atom. The van der Waals surface area contributed by atoms with Crippen molar-refractivity contribution in [2.75, 3.05) is 13.2 Å². The Kier molecular flexibility index (Phi) is 3.19. The van der Waals surface area contributed by atoms with E-state index in [1.165, 1.54) is 18.2 Å². The van der Waals surface area contributed by atoms with Crippen LogP contribution in [0.25, 0.3) is 0 Å². The van der Waals surface area contributed by atoms with E-state index in [0.717, 1.165) is 12.8 Å². The summed E-state index contributed by atoms with van der Waals surface area (Å²) in [6, 6.07) is 4.19. The van der Waals surface area contributed by atoms with Gasteiger partial charge in [0, 0.05) is 18.2 Å². The van der Waals surface area contributed by atoms with E-state index in [0.29, 0.717) is 12.1 Å². The number of hydrogen-bond acceptors (Lipinski definition) is 4. The van der Waals surface area contributed by atoms with Crippen LogP contribution in [0.15, 0.2) is 18.2 Å². The molecule has 0 aromatic heterocycles. The van der Waals surface area contributed by atoms with Crippen LogP contribution in [-0.2, 0) is 0 Å². The van der Waals surface area contributed by atoms with Gasteiger partial charge in [0.1, 0.15) is 0 Å². The van der Waals surface area contributed by atoms with E-state index < -0.39 is 0 Å². The summed E-state index contributed by atoms with van der Waals surface area (Å²) in [7, 11) is 0. The number of benzene rings is 1. The number of carbonyl (C=O) groups is 1. The van der Waals surface area contributed by atoms with E-state index in [4.69, 9.17) is 5.11 Å². The molecule has 1 aliphatic carbocycles. The lowest BCUT2D eigenvalue weighted by molar-refractivity contribution is 0.0707. The summed E-state index contributed by atoms with van der Waals surface area (Å²) >= 11 is 0. The maximum Gasteiger partial charge on any atom is 0.254 e. The Labute approximate surface area is 98.9 Å². The monoisotopic (exact) mass is 237 g/mol. The lowest BCUT2D eigenvalue weighted by Crippen LogP contribution is -2.35. The Balaban J connectivity index is 2.19. The smallest absolute Gasteiger partial charge is 0.254 e. The Morgan fingerprint density at radius 3 is 2.53 bits per heavy atom. The van der Waals surface area contributed by atoms with Crippen LogP contribution in [0.2, 0.25) is 0 Å². The minimum Gasteiger partial charge on any atom is -0.504 e. The Hall–Kier alpha value is -1.75. The molecule has 0 atom stereocenters. The van der Waals surface area contributed by atoms with Gasteiger partial charge in [0.2, 0.25) is 0 Å². The third-order valence-electron chi connectivity index (χ3n) is 2.81. The number of aliphatic hydroxyl groups is 1. The SMILES string of the molecule is O=C(c1ccc(O)c(O)c1)N(CCO)C1CC1. The fourth-order valence-corrected chi connectivity index (χ4v) is 1.77. The molecule has 1 aromatic carbocycles. The summed E-state index contributed by atoms with van der Waals surface area (Å²) in [5.74, 6) is -0.783. The second-order valence-electron chi connectivity index (χ2n) is 4.16. The van der Waals surface area contributed by atoms with E-state index in [9.17, 15) is 15.0 Å². The van der Waals surface area contributed by atoms with Crippen LogP contribution in [0, 0.1) is 0 Å². The maximum absolute atomic E-state index is 12.1. The van der Waals surface area contributed by atoms with Crippen molar-refractivity contribution in [3.05, 3.63) is 23.8 Å². The van der Waals surface area contributed by atoms with Gasteiger partial charge in [-0.05, 0) is 31.0 Å². The third kappa shape index (κ3) is 2.50. The average Bonchev–Trinajstić information content (AvgIpc) is 3.13. The van der Waals surface area contributed by atoms with E-state index in [1.54, 1.807) is 4.90 Å². The van der Waals surface area contributed by atoms with E-state index in [-0.39, 0.29) is 30.1 Å². The molecule has 1 saturated carbocycles. The van der Waals surface area contributed by atoms with Gasteiger partial charge < -0.3 is 20.2 Å². The molecule has 1 aliphatic rings. The molecule has 0 bridgehead atoms. The third-order valence-corrected chi connectivity index (χ3v) is 2.81. The zero-order valence-corrected chi connectivity index (χ0v) is 9.33. The first-order chi connectivity index (χ1) is 8.13. The highest BCUT2D eigenvalue weighted by atomic mass is 16.3. The molecule has 0 aliphatic heterocycles. The zero-order chi connectivity index (χ0) is 12.4. The molecule has 1 aromatic rings. The molecule has 0 saturated heterocycles. The summed E-state index contributed by atoms with van der Waals surface area (Å²) in [6.45, 7) is 0.220. The van der Waals surface area contributed by atoms with Crippen molar-refractivity contribution in [2.45, 2.75) is 18.9 Å². The van der Waals surface area contributed by atoms with Gasteiger partial charge in [-0.1, -0.05) is 0 Å². The lowest BCUT2D eigenvalue weighted by atomic mass is 10.1. The standard InChI is InChI=1S/C12H15NO4/c14-6-5-13(9-2-3-9)12(17)8-1-4-10(15)11(16)7-8/h1,4,7,9,14-16H,2-3,5-6H2. The van der Waals surface area contributed by atoms with Gasteiger partial charge >= 0.3 is 0 Å². The molecule has 0 heterocycles. The first kappa shape index (κ1) is 11.7. The van der Waals surface area contributed by atoms with Crippen LogP contribution in [0.4, 0.5) is 0 Å². The number of amides is 1. The number of rotatable bonds is 4. The van der Waals surface area contributed by atoms with Crippen LogP contribution in [0.3, 0.4) is 0 Å². The van der Waals surface area contributed by atoms with Crippen LogP contribution in [0.5, 0.6) is 11.5 Å². The quantitative estimate of drug-likeness (QED) is 0.673. The number of carbonyl (C=O) groups excluding carboxylic acids is 1. The van der Waals surface area contributed by atoms with E-state index in [1.807, 2.05) is 0 Å². The fraction of sp³-hybridized carbons (Fsp3) is 0.417. The van der Waals surface area contributed by atoms with Gasteiger partial charge in [0.15, 0.2) is 11.5 Å². The van der Waals surface area contributed by atoms with Gasteiger partial charge in [-0.2, -0.15) is 0 Å². The second-order valence-corrected chi connectivity index (χ2v) is 4.16. The topological polar surface area (TPSA) is 81.0 Å². The van der Waals surface area contributed by atoms with Gasteiger partial charge in [-0.25, -0.2) is 0 Å². The molecule has 0 spiro atoms. The average molecular weight is 237 g/mol. The van der Waals surface area contributed by atoms with Crippen molar-refractivity contribution in [3.63, 3.8) is 0 Å². The molecule has 17 heavy (non-hydrogen) atoms. The summed E-state index contributed by atoms with van der Waals surface area (Å²) in [5, 5.41) is 27.4. The predicted molar refractivity (Wildman–Crippen MR) is 60.9 cm³/mol. The molecule has 0 unspecified atom stereocenters. The van der Waals surface area contributed by atoms with Crippen LogP contribution >= 0.6 is 0 Å². The van der Waals surface area contributed by atoms with Crippen molar-refractivity contribution in [3.8, 4) is 11.5 Å². The molecule has 3 N–H and O–H groups in total. The minimum atomic E-state index is -0.310. The van der Waals surface area contributed by atoms with Crippen molar-refractivity contribution in [2.24, 2.45) is 0 Å². The van der Waals surface area contributed by atoms with Gasteiger partial charge in [-0.3, -0.25) is 4.79 Å². The normalized spacial score (nSPS) is 14.6. The molecule has 5 nitrogen and oxygen atoms in total. The summed E-state index contributed by atoms with van der Waals surface area (Å²) < 4.78 is 0. The molecular weight excluding hydrogens is 222 g/mol. The summed E-state index contributed by atoms with van der Waals surface area (Å²) in [5.41, 5.74) is 0.320. The molecule has 0 radical (unpaired) electrons. The number of nitrogens with zero attached hydrogens (tertiary/aromatic N) is 1. The Bertz CT molecular complexity index is 429. The zero-order valence-electron chi connectivity index (χ0n) is 9.33. The molecular formula is C12H15NO4. The fourth-order valence-electron chi connectivity index (χ4n) is 1.77. The van der Waals surface area contributed by atoms with E-state index >= 15 is 0 Å². The van der Waals surface area contributed by atoms with Gasteiger partial charge in [0.05, 0.1) is 6.61 Å². The van der Waals surface area contributed by atoms with Crippen LogP contribution < -0.4 is 0 Å². The molecule has 5 heteroatoms. The highest BCUT2D eigenvalue weighted by Crippen LogP contribution is 2.30. The number of aliphatic hydroxyl groups excluding tert-OH is 1. The lowest BCUT2D eigenvalue weighted by Gasteiger charge is -2.21. The minimum absolute atomic E-state index is 0.0771. The highest BCUT2D eigenvalue weighted by Gasteiger charge is 2.32. The molecule has 1 fully saturated rings. The number of hydrogen-bond donors (Lipinski definition) is 3. The van der Waals surface area contributed by atoms with Crippen molar-refractivity contribution in [1.82, 2.24) is 4.90 Å². The van der Waals surface area contributed by atoms with Crippen molar-refractivity contribution < 1.29 is 20.1 Å². The van der Waals surface area contributed by atoms with Crippen LogP contribution in [0.1, 0.15) is 23.2 Å². The second kappa shape index (κ2) is 4.63. The Morgan fingerprint density at radius 2 is 2.00 bits per heavy atom. The van der Waals surface area contributed by atoms with E-state index in [2.05, 4.69) is 0 Å².